The predicted octanol–water partition coefficient (Wildman–Crippen LogP) is 9.29. The van der Waals surface area contributed by atoms with Crippen LogP contribution in [0.15, 0.2) is 187 Å². The molecule has 7 aromatic carbocycles. The molecular formula is C67H64NNaO10. The fourth-order valence-corrected chi connectivity index (χ4v) is 11.9. The zero-order valence-corrected chi connectivity index (χ0v) is 47.3. The number of nitrogens with one attached hydrogen (secondary N) is 1. The zero-order valence-electron chi connectivity index (χ0n) is 45.3. The minimum Gasteiger partial charge on any atom is -0.870 e. The second kappa shape index (κ2) is 24.3. The van der Waals surface area contributed by atoms with E-state index in [0.717, 1.165) is 58.2 Å². The van der Waals surface area contributed by atoms with Crippen LogP contribution in [0.5, 0.6) is 0 Å². The summed E-state index contributed by atoms with van der Waals surface area (Å²) >= 11 is 0. The van der Waals surface area contributed by atoms with Crippen molar-refractivity contribution < 1.29 is 78.6 Å². The van der Waals surface area contributed by atoms with Crippen molar-refractivity contribution in [3.8, 4) is 0 Å². The molecule has 0 spiro atoms. The summed E-state index contributed by atoms with van der Waals surface area (Å²) in [6.07, 6.45) is 7.05. The molecule has 398 valence electrons. The molecule has 11 rings (SSSR count). The van der Waals surface area contributed by atoms with E-state index < -0.39 is 58.7 Å². The molecule has 0 radical (unpaired) electrons. The maximum atomic E-state index is 14.4. The molecule has 1 amide bonds. The van der Waals surface area contributed by atoms with Gasteiger partial charge in [-0.3, -0.25) is 0 Å². The molecule has 0 aliphatic heterocycles. The molecule has 0 fully saturated rings. The van der Waals surface area contributed by atoms with E-state index in [1.807, 2.05) is 103 Å². The first-order valence-corrected chi connectivity index (χ1v) is 26.3. The number of hydrogen-bond acceptors (Lipinski definition) is 9. The van der Waals surface area contributed by atoms with Gasteiger partial charge in [-0.15, -0.1) is 0 Å². The Balaban J connectivity index is 0.000000226. The SMILES string of the molecule is COC(=O)c1ccc(CC2(C3=Cc4ccccc4C3)Cc3ccccc3C2OC(=O)[C@@H](Cc2ccccc2)NC(=O)OC(C)(C)C)cc1.O=C(O)c1ccc(CC2(C3=Cc4ccccc4C3)Cc3ccccc3C2O)cc1.[Na+].[OH-]. The number of ether oxygens (including phenoxy) is 3. The maximum absolute atomic E-state index is 14.4. The van der Waals surface area contributed by atoms with Gasteiger partial charge in [-0.25, -0.2) is 19.2 Å². The van der Waals surface area contributed by atoms with Crippen molar-refractivity contribution >= 4 is 36.2 Å². The first-order valence-electron chi connectivity index (χ1n) is 26.3. The number of esters is 2. The van der Waals surface area contributed by atoms with Crippen molar-refractivity contribution in [2.45, 2.75) is 89.6 Å². The average Bonchev–Trinajstić information content (AvgIpc) is 4.38. The number of methoxy groups -OCH3 is 1. The van der Waals surface area contributed by atoms with Gasteiger partial charge in [-0.1, -0.05) is 175 Å². The van der Waals surface area contributed by atoms with Crippen LogP contribution >= 0.6 is 0 Å². The van der Waals surface area contributed by atoms with Gasteiger partial charge in [0.15, 0.2) is 0 Å². The van der Waals surface area contributed by atoms with Crippen molar-refractivity contribution in [3.63, 3.8) is 0 Å². The van der Waals surface area contributed by atoms with E-state index in [-0.39, 0.29) is 47.0 Å². The number of amides is 1. The predicted molar refractivity (Wildman–Crippen MR) is 299 cm³/mol. The minimum atomic E-state index is -0.984. The molecule has 4 unspecified atom stereocenters. The second-order valence-electron chi connectivity index (χ2n) is 21.8. The summed E-state index contributed by atoms with van der Waals surface area (Å²) in [5.74, 6) is -1.85. The van der Waals surface area contributed by atoms with Crippen molar-refractivity contribution in [3.05, 3.63) is 259 Å². The van der Waals surface area contributed by atoms with Gasteiger partial charge in [0.25, 0.3) is 0 Å². The Kier molecular flexibility index (Phi) is 17.8. The smallest absolute Gasteiger partial charge is 0.870 e. The van der Waals surface area contributed by atoms with Gasteiger partial charge in [-0.05, 0) is 145 Å². The third-order valence-corrected chi connectivity index (χ3v) is 15.6. The summed E-state index contributed by atoms with van der Waals surface area (Å²) in [4.78, 5) is 50.8. The van der Waals surface area contributed by atoms with Crippen LogP contribution in [0.4, 0.5) is 4.79 Å². The number of carboxylic acids is 1. The molecule has 0 bridgehead atoms. The summed E-state index contributed by atoms with van der Waals surface area (Å²) < 4.78 is 17.1. The maximum Gasteiger partial charge on any atom is 1.00 e. The average molecular weight is 1070 g/mol. The quantitative estimate of drug-likeness (QED) is 0.0573. The molecule has 0 saturated heterocycles. The monoisotopic (exact) mass is 1070 g/mol. The van der Waals surface area contributed by atoms with Gasteiger partial charge >= 0.3 is 53.6 Å². The fourth-order valence-electron chi connectivity index (χ4n) is 11.9. The van der Waals surface area contributed by atoms with Crippen molar-refractivity contribution in [2.75, 3.05) is 7.11 Å². The third kappa shape index (κ3) is 12.4. The summed E-state index contributed by atoms with van der Waals surface area (Å²) in [7, 11) is 1.37. The van der Waals surface area contributed by atoms with E-state index in [4.69, 9.17) is 14.2 Å². The van der Waals surface area contributed by atoms with Gasteiger partial charge < -0.3 is 35.2 Å². The Bertz CT molecular complexity index is 3420. The zero-order chi connectivity index (χ0) is 53.9. The van der Waals surface area contributed by atoms with E-state index >= 15 is 0 Å². The number of alkyl carbamates (subject to hydrolysis) is 1. The van der Waals surface area contributed by atoms with E-state index in [1.54, 1.807) is 45.0 Å². The van der Waals surface area contributed by atoms with Crippen LogP contribution in [0.25, 0.3) is 12.2 Å². The molecule has 79 heavy (non-hydrogen) atoms. The van der Waals surface area contributed by atoms with Crippen LogP contribution in [-0.4, -0.2) is 58.4 Å². The molecule has 0 aromatic heterocycles. The number of carboxylic acid groups (broad SMARTS) is 1. The number of carbonyl (C=O) groups excluding carboxylic acids is 3. The number of aliphatic hydroxyl groups excluding tert-OH is 1. The topological polar surface area (TPSA) is 178 Å². The molecule has 0 saturated carbocycles. The van der Waals surface area contributed by atoms with Crippen LogP contribution in [-0.2, 0) is 64.0 Å². The summed E-state index contributed by atoms with van der Waals surface area (Å²) in [5, 5.41) is 23.5. The van der Waals surface area contributed by atoms with Crippen LogP contribution in [0.1, 0.15) is 115 Å². The van der Waals surface area contributed by atoms with Crippen molar-refractivity contribution in [1.82, 2.24) is 5.32 Å². The molecule has 4 aliphatic rings. The van der Waals surface area contributed by atoms with Crippen LogP contribution in [0.2, 0.25) is 0 Å². The Morgan fingerprint density at radius 3 is 1.59 bits per heavy atom. The molecule has 0 heterocycles. The van der Waals surface area contributed by atoms with Crippen LogP contribution in [0, 0.1) is 10.8 Å². The standard InChI is InChI=1S/C41H41NO6.C26H22O3.Na.H2O/c1-40(2,3)48-39(45)42-35(22-27-12-6-5-7-13-27)38(44)47-36-34-17-11-10-16-32(34)26-41(36,33-23-30-14-8-9-15-31(30)24-33)25-28-18-20-29(21-19-28)37(43)46-4;27-24-23-8-4-3-7-21(23)16-26(24,15-17-9-11-18(12-10-17)25(28)29)22-13-19-5-1-2-6-20(19)14-22;;/h5-21,23,35-36H,22,24-26H2,1-4H3,(H,42,45);1-13,24,27H,14-16H2,(H,28,29);;1H2/q;;+1;/p-1/t35-,36?,41?;;;/m1.../s1. The molecule has 4 N–H and O–H groups in total. The van der Waals surface area contributed by atoms with Gasteiger partial charge in [0, 0.05) is 17.3 Å². The molecule has 11 nitrogen and oxygen atoms in total. The Morgan fingerprint density at radius 2 is 1.06 bits per heavy atom. The van der Waals surface area contributed by atoms with Gasteiger partial charge in [0.2, 0.25) is 0 Å². The fraction of sp³-hybridized carbons (Fsp3) is 0.254. The van der Waals surface area contributed by atoms with Crippen LogP contribution < -0.4 is 34.9 Å². The number of fused-ring (bicyclic) bond motifs is 4. The third-order valence-electron chi connectivity index (χ3n) is 15.6. The normalized spacial score (nSPS) is 19.4. The molecule has 7 aromatic rings. The summed E-state index contributed by atoms with van der Waals surface area (Å²) in [6, 6.07) is 56.1. The molecular weight excluding hydrogens is 1000 g/mol. The van der Waals surface area contributed by atoms with Gasteiger partial charge in [0.1, 0.15) is 17.7 Å². The van der Waals surface area contributed by atoms with Crippen molar-refractivity contribution in [1.29, 1.82) is 0 Å². The molecule has 12 heteroatoms. The van der Waals surface area contributed by atoms with E-state index in [0.29, 0.717) is 24.8 Å². The number of carbonyl (C=O) groups is 4. The van der Waals surface area contributed by atoms with E-state index in [2.05, 4.69) is 66.0 Å². The summed E-state index contributed by atoms with van der Waals surface area (Å²) in [6.45, 7) is 5.35. The van der Waals surface area contributed by atoms with Gasteiger partial charge in [0.05, 0.1) is 24.3 Å². The molecule has 5 atom stereocenters. The Hall–Kier alpha value is -7.38. The number of rotatable bonds is 13. The first-order chi connectivity index (χ1) is 37.1. The van der Waals surface area contributed by atoms with Crippen LogP contribution in [0.3, 0.4) is 0 Å². The van der Waals surface area contributed by atoms with Crippen molar-refractivity contribution in [2.24, 2.45) is 10.8 Å². The number of benzene rings is 7. The Labute approximate surface area is 484 Å². The van der Waals surface area contributed by atoms with E-state index in [9.17, 15) is 29.4 Å². The first kappa shape index (κ1) is 57.8. The number of aromatic carboxylic acids is 1. The van der Waals surface area contributed by atoms with E-state index in [1.165, 1.54) is 40.5 Å². The second-order valence-corrected chi connectivity index (χ2v) is 21.8. The minimum absolute atomic E-state index is 0. The number of hydrogen-bond donors (Lipinski definition) is 3. The van der Waals surface area contributed by atoms with Gasteiger partial charge in [-0.2, -0.15) is 0 Å². The number of aliphatic hydroxyl groups is 1. The summed E-state index contributed by atoms with van der Waals surface area (Å²) in [5.41, 5.74) is 13.5. The Morgan fingerprint density at radius 1 is 0.595 bits per heavy atom. The largest absolute Gasteiger partial charge is 1.00 e. The molecule has 4 aliphatic carbocycles.